The van der Waals surface area contributed by atoms with Crippen molar-refractivity contribution in [2.75, 3.05) is 10.9 Å². The Labute approximate surface area is 187 Å². The van der Waals surface area contributed by atoms with Crippen LogP contribution < -0.4 is 4.31 Å². The number of carbonyl (C=O) groups is 2. The van der Waals surface area contributed by atoms with Crippen molar-refractivity contribution in [2.45, 2.75) is 44.1 Å². The lowest BCUT2D eigenvalue weighted by Gasteiger charge is -2.37. The molecule has 0 saturated carbocycles. The molecule has 0 amide bonds. The summed E-state index contributed by atoms with van der Waals surface area (Å²) in [5, 5.41) is 0. The molecule has 32 heavy (non-hydrogen) atoms. The Bertz CT molecular complexity index is 1080. The van der Waals surface area contributed by atoms with Gasteiger partial charge in [-0.05, 0) is 43.3 Å². The summed E-state index contributed by atoms with van der Waals surface area (Å²) in [6.45, 7) is 4.16. The van der Waals surface area contributed by atoms with Crippen LogP contribution in [-0.2, 0) is 33.8 Å². The molecule has 0 fully saturated rings. The molecule has 1 aliphatic heterocycles. The highest BCUT2D eigenvalue weighted by Crippen LogP contribution is 2.30. The van der Waals surface area contributed by atoms with E-state index in [4.69, 9.17) is 14.2 Å². The predicted octanol–water partition coefficient (Wildman–Crippen LogP) is 2.97. The van der Waals surface area contributed by atoms with Crippen LogP contribution in [0.2, 0.25) is 0 Å². The molecule has 0 bridgehead atoms. The third kappa shape index (κ3) is 5.54. The van der Waals surface area contributed by atoms with Crippen molar-refractivity contribution in [3.8, 4) is 0 Å². The number of benzene rings is 2. The van der Waals surface area contributed by atoms with Crippen LogP contribution in [0.5, 0.6) is 0 Å². The van der Waals surface area contributed by atoms with Gasteiger partial charge in [-0.2, -0.15) is 0 Å². The summed E-state index contributed by atoms with van der Waals surface area (Å²) in [7, 11) is -4.02. The monoisotopic (exact) mass is 459 g/mol. The molecule has 3 rings (SSSR count). The first-order valence-corrected chi connectivity index (χ1v) is 11.4. The molecule has 0 radical (unpaired) electrons. The van der Waals surface area contributed by atoms with E-state index in [-0.39, 0.29) is 11.5 Å². The van der Waals surface area contributed by atoms with Crippen LogP contribution in [0.25, 0.3) is 0 Å². The molecule has 8 nitrogen and oxygen atoms in total. The summed E-state index contributed by atoms with van der Waals surface area (Å²) < 4.78 is 44.7. The number of carbonyl (C=O) groups excluding carboxylic acids is 2. The van der Waals surface area contributed by atoms with Gasteiger partial charge in [0.15, 0.2) is 6.23 Å². The topological polar surface area (TPSA) is 99.2 Å². The minimum Gasteiger partial charge on any atom is -0.463 e. The second-order valence-corrected chi connectivity index (χ2v) is 9.09. The first-order chi connectivity index (χ1) is 15.2. The highest BCUT2D eigenvalue weighted by Gasteiger charge is 2.38. The second-order valence-electron chi connectivity index (χ2n) is 7.28. The molecule has 0 N–H and O–H groups in total. The number of sulfonamides is 1. The van der Waals surface area contributed by atoms with Crippen LogP contribution in [0.1, 0.15) is 19.4 Å². The molecule has 0 aliphatic carbocycles. The Morgan fingerprint density at radius 3 is 2.22 bits per heavy atom. The van der Waals surface area contributed by atoms with E-state index >= 15 is 0 Å². The van der Waals surface area contributed by atoms with Gasteiger partial charge in [-0.3, -0.25) is 9.59 Å². The molecule has 0 aromatic heterocycles. The quantitative estimate of drug-likeness (QED) is 0.464. The number of anilines is 1. The number of hydrogen-bond acceptors (Lipinski definition) is 7. The lowest BCUT2D eigenvalue weighted by molar-refractivity contribution is -0.162. The van der Waals surface area contributed by atoms with Crippen molar-refractivity contribution in [3.05, 3.63) is 72.3 Å². The van der Waals surface area contributed by atoms with Gasteiger partial charge in [0, 0.05) is 13.8 Å². The van der Waals surface area contributed by atoms with Crippen molar-refractivity contribution in [1.82, 2.24) is 0 Å². The number of esters is 2. The Hall–Kier alpha value is -3.17. The summed E-state index contributed by atoms with van der Waals surface area (Å²) in [6.07, 6.45) is 0.275. The SMILES string of the molecule is CC(=O)OC[C@H]1OC(N(c2ccccc2)S(=O)(=O)c2ccc(C)cc2)C=C[C@@H]1OC(C)=O. The molecule has 2 aromatic rings. The van der Waals surface area contributed by atoms with Crippen molar-refractivity contribution in [1.29, 1.82) is 0 Å². The zero-order chi connectivity index (χ0) is 23.3. The van der Waals surface area contributed by atoms with Gasteiger partial charge in [0.1, 0.15) is 18.8 Å². The zero-order valence-corrected chi connectivity index (χ0v) is 18.8. The summed E-state index contributed by atoms with van der Waals surface area (Å²) >= 11 is 0. The Kier molecular flexibility index (Phi) is 7.32. The fourth-order valence-corrected chi connectivity index (χ4v) is 4.73. The summed E-state index contributed by atoms with van der Waals surface area (Å²) in [5.74, 6) is -1.07. The van der Waals surface area contributed by atoms with Gasteiger partial charge in [0.05, 0.1) is 10.6 Å². The largest absolute Gasteiger partial charge is 0.463 e. The highest BCUT2D eigenvalue weighted by molar-refractivity contribution is 7.92. The van der Waals surface area contributed by atoms with E-state index in [1.807, 2.05) is 6.92 Å². The van der Waals surface area contributed by atoms with Crippen molar-refractivity contribution in [3.63, 3.8) is 0 Å². The van der Waals surface area contributed by atoms with Crippen molar-refractivity contribution >= 4 is 27.6 Å². The van der Waals surface area contributed by atoms with Gasteiger partial charge in [0.25, 0.3) is 10.0 Å². The first kappa shape index (κ1) is 23.5. The molecule has 1 aliphatic rings. The molecule has 2 aromatic carbocycles. The third-order valence-corrected chi connectivity index (χ3v) is 6.52. The van der Waals surface area contributed by atoms with Crippen LogP contribution in [0.4, 0.5) is 5.69 Å². The minimum atomic E-state index is -4.02. The standard InChI is InChI=1S/C23H25NO7S/c1-16-9-11-20(12-10-16)32(27,28)24(19-7-5-4-6-8-19)23-14-13-21(30-18(3)26)22(31-23)15-29-17(2)25/h4-14,21-23H,15H2,1-3H3/t21-,22+,23?/m0/s1. The Morgan fingerprint density at radius 1 is 0.969 bits per heavy atom. The van der Waals surface area contributed by atoms with Gasteiger partial charge in [-0.25, -0.2) is 12.7 Å². The Morgan fingerprint density at radius 2 is 1.62 bits per heavy atom. The maximum atomic E-state index is 13.6. The minimum absolute atomic E-state index is 0.0996. The van der Waals surface area contributed by atoms with E-state index < -0.39 is 40.4 Å². The van der Waals surface area contributed by atoms with E-state index in [0.717, 1.165) is 9.87 Å². The molecule has 9 heteroatoms. The fraction of sp³-hybridized carbons (Fsp3) is 0.304. The molecule has 1 heterocycles. The summed E-state index contributed by atoms with van der Waals surface area (Å²) in [4.78, 5) is 22.9. The number of ether oxygens (including phenoxy) is 3. The van der Waals surface area contributed by atoms with E-state index in [1.165, 1.54) is 32.1 Å². The second kappa shape index (κ2) is 9.97. The third-order valence-electron chi connectivity index (χ3n) is 4.72. The van der Waals surface area contributed by atoms with E-state index in [2.05, 4.69) is 0 Å². The van der Waals surface area contributed by atoms with Crippen LogP contribution in [0.15, 0.2) is 71.6 Å². The number of aryl methyl sites for hydroxylation is 1. The Balaban J connectivity index is 2.02. The highest BCUT2D eigenvalue weighted by atomic mass is 32.2. The molecule has 3 atom stereocenters. The van der Waals surface area contributed by atoms with Crippen LogP contribution in [0.3, 0.4) is 0 Å². The van der Waals surface area contributed by atoms with Crippen LogP contribution in [0, 0.1) is 6.92 Å². The zero-order valence-electron chi connectivity index (χ0n) is 18.0. The molecule has 1 unspecified atom stereocenters. The smallest absolute Gasteiger partial charge is 0.303 e. The average molecular weight is 460 g/mol. The fourth-order valence-electron chi connectivity index (χ4n) is 3.23. The van der Waals surface area contributed by atoms with Gasteiger partial charge in [-0.1, -0.05) is 35.9 Å². The molecule has 0 spiro atoms. The molecule has 0 saturated heterocycles. The predicted molar refractivity (Wildman–Crippen MR) is 117 cm³/mol. The van der Waals surface area contributed by atoms with E-state index in [0.29, 0.717) is 5.69 Å². The normalized spacial score (nSPS) is 20.4. The lowest BCUT2D eigenvalue weighted by Crippen LogP contribution is -2.49. The average Bonchev–Trinajstić information content (AvgIpc) is 2.74. The van der Waals surface area contributed by atoms with E-state index in [1.54, 1.807) is 48.5 Å². The molecular formula is C23H25NO7S. The summed E-state index contributed by atoms with van der Waals surface area (Å²) in [6, 6.07) is 15.0. The van der Waals surface area contributed by atoms with Crippen molar-refractivity contribution in [2.24, 2.45) is 0 Å². The van der Waals surface area contributed by atoms with Crippen LogP contribution in [-0.4, -0.2) is 45.4 Å². The lowest BCUT2D eigenvalue weighted by atomic mass is 10.1. The van der Waals surface area contributed by atoms with Gasteiger partial charge in [0.2, 0.25) is 0 Å². The first-order valence-electron chi connectivity index (χ1n) is 9.99. The van der Waals surface area contributed by atoms with Gasteiger partial charge >= 0.3 is 11.9 Å². The maximum absolute atomic E-state index is 13.6. The molecule has 170 valence electrons. The number of rotatable bonds is 7. The van der Waals surface area contributed by atoms with Gasteiger partial charge < -0.3 is 14.2 Å². The van der Waals surface area contributed by atoms with Gasteiger partial charge in [-0.15, -0.1) is 0 Å². The van der Waals surface area contributed by atoms with Crippen molar-refractivity contribution < 1.29 is 32.2 Å². The summed E-state index contributed by atoms with van der Waals surface area (Å²) in [5.41, 5.74) is 1.31. The molecular weight excluding hydrogens is 434 g/mol. The number of hydrogen-bond donors (Lipinski definition) is 0. The number of nitrogens with zero attached hydrogens (tertiary/aromatic N) is 1. The van der Waals surface area contributed by atoms with Crippen LogP contribution >= 0.6 is 0 Å². The number of para-hydroxylation sites is 1. The maximum Gasteiger partial charge on any atom is 0.303 e. The van der Waals surface area contributed by atoms with E-state index in [9.17, 15) is 18.0 Å².